The highest BCUT2D eigenvalue weighted by atomic mass is 16.6. The Morgan fingerprint density at radius 3 is 2.16 bits per heavy atom. The highest BCUT2D eigenvalue weighted by Gasteiger charge is 2.54. The molecule has 2 bridgehead atoms. The number of anilines is 4. The number of nitrogens with two attached hydrogens (primary N) is 2. The number of ether oxygens (including phenoxy) is 7. The number of hydrogen-bond donors (Lipinski definition) is 5. The summed E-state index contributed by atoms with van der Waals surface area (Å²) in [7, 11) is 6.30. The number of piperidine rings is 1. The summed E-state index contributed by atoms with van der Waals surface area (Å²) in [5.74, 6) is -5.59. The minimum atomic E-state index is -2.45. The molecule has 7 aromatic rings. The van der Waals surface area contributed by atoms with Crippen LogP contribution in [0.15, 0.2) is 118 Å². The summed E-state index contributed by atoms with van der Waals surface area (Å²) < 4.78 is 50.7. The molecular formula is C100H137N19O17. The van der Waals surface area contributed by atoms with Gasteiger partial charge in [-0.3, -0.25) is 29.0 Å². The monoisotopic (exact) mass is 1880 g/mol. The van der Waals surface area contributed by atoms with Crippen LogP contribution in [0.25, 0.3) is 33.4 Å². The number of Topliss-reactive ketones (excluding diaryl/α,β-unsaturated/α-hetero) is 1. The molecule has 36 heteroatoms. The summed E-state index contributed by atoms with van der Waals surface area (Å²) >= 11 is 0. The number of ketones is 1. The first-order chi connectivity index (χ1) is 65.6. The number of rotatable bonds is 22. The number of amides is 3. The molecule has 5 fully saturated rings. The van der Waals surface area contributed by atoms with E-state index < -0.39 is 78.1 Å². The number of aliphatic hydroxyl groups excluding tert-OH is 2. The quantitative estimate of drug-likeness (QED) is 0.0139. The van der Waals surface area contributed by atoms with Crippen molar-refractivity contribution in [3.8, 4) is 11.3 Å². The molecule has 0 radical (unpaired) electrons. The fraction of sp³-hybridized carbons (Fsp3) is 0.600. The summed E-state index contributed by atoms with van der Waals surface area (Å²) in [4.78, 5) is 125. The molecule has 16 atom stereocenters. The highest BCUT2D eigenvalue weighted by Crippen LogP contribution is 2.41. The van der Waals surface area contributed by atoms with E-state index in [-0.39, 0.29) is 79.5 Å². The predicted molar refractivity (Wildman–Crippen MR) is 512 cm³/mol. The summed E-state index contributed by atoms with van der Waals surface area (Å²) in [5.41, 5.74) is 22.8. The molecule has 8 aliphatic rings. The van der Waals surface area contributed by atoms with Crippen LogP contribution in [0.1, 0.15) is 164 Å². The number of methoxy groups -OCH3 is 4. The number of piperazine rings is 2. The van der Waals surface area contributed by atoms with E-state index in [0.29, 0.717) is 179 Å². The maximum Gasteiger partial charge on any atom is 0.329 e. The molecule has 12 heterocycles. The molecule has 0 unspecified atom stereocenters. The van der Waals surface area contributed by atoms with E-state index in [1.54, 1.807) is 51.6 Å². The van der Waals surface area contributed by atoms with E-state index >= 15 is 0 Å². The summed E-state index contributed by atoms with van der Waals surface area (Å²) in [6, 6.07) is 10.9. The van der Waals surface area contributed by atoms with Crippen molar-refractivity contribution in [2.24, 2.45) is 40.7 Å². The predicted octanol–water partition coefficient (Wildman–Crippen LogP) is 8.91. The third-order valence-electron chi connectivity index (χ3n) is 29.0. The zero-order valence-electron chi connectivity index (χ0n) is 80.5. The van der Waals surface area contributed by atoms with E-state index in [4.69, 9.17) is 74.1 Å². The van der Waals surface area contributed by atoms with Gasteiger partial charge in [-0.15, -0.1) is 0 Å². The third kappa shape index (κ3) is 23.8. The van der Waals surface area contributed by atoms with Crippen LogP contribution in [0.4, 0.5) is 23.7 Å². The molecule has 0 spiro atoms. The third-order valence-corrected chi connectivity index (χ3v) is 29.0. The van der Waals surface area contributed by atoms with Crippen molar-refractivity contribution >= 4 is 81.0 Å². The van der Waals surface area contributed by atoms with Crippen LogP contribution in [0, 0.1) is 35.5 Å². The highest BCUT2D eigenvalue weighted by molar-refractivity contribution is 6.39. The minimum Gasteiger partial charge on any atom is -0.460 e. The average Bonchev–Trinajstić information content (AvgIpc) is 1.51. The van der Waals surface area contributed by atoms with Gasteiger partial charge in [0, 0.05) is 193 Å². The molecule has 7 N–H and O–H groups in total. The van der Waals surface area contributed by atoms with Crippen LogP contribution < -0.4 is 21.3 Å². The fourth-order valence-corrected chi connectivity index (χ4v) is 20.7. The number of benzene rings is 2. The van der Waals surface area contributed by atoms with E-state index in [9.17, 15) is 39.3 Å². The Labute approximate surface area is 795 Å². The molecule has 734 valence electrons. The van der Waals surface area contributed by atoms with E-state index in [1.807, 2.05) is 92.9 Å². The number of carbonyl (C=O) groups excluding carboxylic acids is 5. The van der Waals surface area contributed by atoms with Gasteiger partial charge in [0.15, 0.2) is 17.8 Å². The average molecular weight is 1880 g/mol. The summed E-state index contributed by atoms with van der Waals surface area (Å²) in [6.45, 7) is 24.7. The maximum atomic E-state index is 14.9. The zero-order valence-corrected chi connectivity index (χ0v) is 80.5. The molecule has 136 heavy (non-hydrogen) atoms. The first-order valence-corrected chi connectivity index (χ1v) is 48.5. The number of esters is 1. The Morgan fingerprint density at radius 1 is 0.699 bits per heavy atom. The SMILES string of the molecule is CO[C@H]1C[C@@H]2CC[C@@H](C)[C@@](O)(O2)C(=O)C(=O)N2CCCC[C@H]2C(=O)O[C@H]([C@H](C)C[C@@H]2CC[C@@H](O)[C@H](OC)C2)C[C@@H](OC)[C@H](C)/C=C(\C)[C@@H](O)[C@@H](OC)/C(=N/OCC(=O)N2CCc3nc(N4CCN(CCOCCN5CCN(c6ncc(C(=O)N7CCc8cc(Cn9nc(-c%10ccc%11oc(N)nc%11c%10)c%10c(N)ncnc%109)ccc8C7)cn6)CC5)CC4)ncc3C2)[C@H](C)C[C@H](C)/C=C/C=CC=C1C. The molecule has 3 amide bonds. The number of fused-ring (bicyclic) bond motifs is 7. The van der Waals surface area contributed by atoms with Gasteiger partial charge in [0.05, 0.1) is 72.6 Å². The van der Waals surface area contributed by atoms with Gasteiger partial charge in [0.1, 0.15) is 47.7 Å². The standard InChI is InChI=1S/C100H137N19O17/c1-61-17-13-12-14-18-62(2)81(128-8)51-75-25-20-67(7)100(127,136-75)91(123)95(125)118-30-16-15-19-78(118)96(126)134-83(64(4)47-68-22-26-79(120)84(49-68)130-10)52-82(129-9)63(3)46-66(6)89(122)90(131-11)87(65(5)45-61)111-133-59-85(121)116-32-29-76-74(58-116)55-105-99(109-76)115-39-35-113(36-40-115)42-44-132-43-41-112-33-37-114(38-34-112)98-103-53-73(54-104-98)94(124)117-31-28-70-48-69(21-23-72(70)57-117)56-119-93-86(92(101)106-60-107-93)88(110-119)71-24-27-80-77(50-71)108-97(102)135-80/h12-14,17-18,21,23-24,27,46,48,50,53-55,60-61,63-65,67-68,75,78-79,81-84,89-90,120,122,127H,15-16,19-20,22,25-26,28-45,47,49,51-52,56-59H2,1-11H3,(H2,102,108)(H2,101,106,107)/b14-12?,17-13+,62-18?,66-46+,111-87+/t61-,63-,64-,65-,67-,68+,75+,78+,79-,81+,82-,83+,84-,89-,90+,100-/m1/s1. The number of oxazole rings is 1. The van der Waals surface area contributed by atoms with Gasteiger partial charge in [-0.05, 0) is 148 Å². The van der Waals surface area contributed by atoms with Crippen LogP contribution in [0.3, 0.4) is 0 Å². The molecule has 36 nitrogen and oxygen atoms in total. The normalized spacial score (nSPS) is 28.4. The van der Waals surface area contributed by atoms with Gasteiger partial charge in [-0.2, -0.15) is 10.1 Å². The van der Waals surface area contributed by atoms with Crippen LogP contribution in [-0.2, 0) is 89.6 Å². The largest absolute Gasteiger partial charge is 0.460 e. The van der Waals surface area contributed by atoms with Crippen LogP contribution in [0.2, 0.25) is 0 Å². The molecule has 5 aromatic heterocycles. The second kappa shape index (κ2) is 45.8. The lowest BCUT2D eigenvalue weighted by Gasteiger charge is -2.43. The van der Waals surface area contributed by atoms with Gasteiger partial charge in [-0.1, -0.05) is 94.4 Å². The number of nitrogen functional groups attached to an aromatic ring is 2. The van der Waals surface area contributed by atoms with Gasteiger partial charge in [0.25, 0.3) is 29.5 Å². The topological polar surface area (TPSA) is 428 Å². The van der Waals surface area contributed by atoms with Crippen molar-refractivity contribution in [3.63, 3.8) is 0 Å². The Morgan fingerprint density at radius 2 is 1.43 bits per heavy atom. The first kappa shape index (κ1) is 99.8. The fourth-order valence-electron chi connectivity index (χ4n) is 20.7. The minimum absolute atomic E-state index is 0.0184. The molecule has 1 aliphatic carbocycles. The lowest BCUT2D eigenvalue weighted by molar-refractivity contribution is -0.265. The van der Waals surface area contributed by atoms with Crippen molar-refractivity contribution < 1.29 is 81.7 Å². The molecular weight excluding hydrogens is 1740 g/mol. The Bertz CT molecular complexity index is 5460. The van der Waals surface area contributed by atoms with Crippen molar-refractivity contribution in [2.45, 2.75) is 219 Å². The Kier molecular flexibility index (Phi) is 33.6. The van der Waals surface area contributed by atoms with Crippen molar-refractivity contribution in [3.05, 3.63) is 142 Å². The maximum absolute atomic E-state index is 14.9. The van der Waals surface area contributed by atoms with Gasteiger partial charge in [-0.25, -0.2) is 39.4 Å². The van der Waals surface area contributed by atoms with Crippen LogP contribution in [-0.4, -0.2) is 314 Å². The number of carbonyl (C=O) groups is 5. The van der Waals surface area contributed by atoms with Crippen molar-refractivity contribution in [2.75, 3.05) is 155 Å². The van der Waals surface area contributed by atoms with Crippen molar-refractivity contribution in [1.82, 2.24) is 69.2 Å². The number of nitrogens with zero attached hydrogens (tertiary/aromatic N) is 17. The number of cyclic esters (lactones) is 1. The van der Waals surface area contributed by atoms with Crippen LogP contribution >= 0.6 is 0 Å². The molecule has 1 saturated carbocycles. The smallest absolute Gasteiger partial charge is 0.329 e. The lowest BCUT2D eigenvalue weighted by Crippen LogP contribution is -2.61. The molecule has 15 rings (SSSR count). The lowest BCUT2D eigenvalue weighted by atomic mass is 9.78. The first-order valence-electron chi connectivity index (χ1n) is 48.5. The number of hydrogen-bond acceptors (Lipinski definition) is 32. The van der Waals surface area contributed by atoms with Crippen molar-refractivity contribution in [1.29, 1.82) is 0 Å². The van der Waals surface area contributed by atoms with E-state index in [2.05, 4.69) is 75.7 Å². The second-order valence-corrected chi connectivity index (χ2v) is 38.4. The zero-order chi connectivity index (χ0) is 96.0. The van der Waals surface area contributed by atoms with Gasteiger partial charge in [0.2, 0.25) is 17.7 Å². The second-order valence-electron chi connectivity index (χ2n) is 38.4. The number of oxime groups is 1. The van der Waals surface area contributed by atoms with E-state index in [0.717, 1.165) is 105 Å². The number of allylic oxidation sites excluding steroid dienone is 5. The van der Waals surface area contributed by atoms with Crippen LogP contribution in [0.5, 0.6) is 0 Å². The summed E-state index contributed by atoms with van der Waals surface area (Å²) in [6.07, 6.45) is 19.8. The summed E-state index contributed by atoms with van der Waals surface area (Å²) in [5, 5.41) is 45.9. The Balaban J connectivity index is 0.515. The number of aromatic nitrogens is 9. The molecule has 2 aromatic carbocycles. The number of aliphatic hydroxyl groups is 3. The molecule has 7 aliphatic heterocycles. The molecule has 4 saturated heterocycles. The van der Waals surface area contributed by atoms with Gasteiger partial charge < -0.3 is 93.7 Å². The van der Waals surface area contributed by atoms with E-state index in [1.165, 1.54) is 23.9 Å². The Hall–Kier alpha value is -10.6. The van der Waals surface area contributed by atoms with Gasteiger partial charge >= 0.3 is 5.97 Å².